The molecule has 0 unspecified atom stereocenters. The Labute approximate surface area is 90.5 Å². The van der Waals surface area contributed by atoms with Gasteiger partial charge >= 0.3 is 0 Å². The van der Waals surface area contributed by atoms with Crippen LogP contribution in [0.15, 0.2) is 18.2 Å². The molecule has 76 valence electrons. The molecule has 0 amide bonds. The van der Waals surface area contributed by atoms with E-state index in [4.69, 9.17) is 11.6 Å². The third-order valence-corrected chi connectivity index (χ3v) is 3.18. The van der Waals surface area contributed by atoms with Gasteiger partial charge in [0.2, 0.25) is 0 Å². The number of benzene rings is 1. The molecule has 0 spiro atoms. The molecule has 1 aromatic carbocycles. The lowest BCUT2D eigenvalue weighted by atomic mass is 9.82. The van der Waals surface area contributed by atoms with Crippen LogP contribution in [0.2, 0.25) is 5.02 Å². The number of halogens is 1. The molecule has 1 saturated carbocycles. The smallest absolute Gasteiger partial charge is 0.0637 e. The van der Waals surface area contributed by atoms with Crippen molar-refractivity contribution in [3.05, 3.63) is 28.8 Å². The van der Waals surface area contributed by atoms with Crippen molar-refractivity contribution < 1.29 is 0 Å². The standard InChI is InChI=1S/C12H16ClN/c1-8-3-4-11(13)12(7-8)14-10-5-9(2)6-10/h3-4,7,9-10,14H,5-6H2,1-2H3. The predicted molar refractivity (Wildman–Crippen MR) is 62.0 cm³/mol. The van der Waals surface area contributed by atoms with Gasteiger partial charge in [-0.15, -0.1) is 0 Å². The summed E-state index contributed by atoms with van der Waals surface area (Å²) < 4.78 is 0. The molecule has 1 N–H and O–H groups in total. The molecule has 1 aliphatic rings. The predicted octanol–water partition coefficient (Wildman–Crippen LogP) is 3.86. The maximum atomic E-state index is 6.10. The van der Waals surface area contributed by atoms with Gasteiger partial charge in [0.1, 0.15) is 0 Å². The Morgan fingerprint density at radius 2 is 2.07 bits per heavy atom. The fraction of sp³-hybridized carbons (Fsp3) is 0.500. The molecule has 0 bridgehead atoms. The molecule has 1 aromatic rings. The number of hydrogen-bond acceptors (Lipinski definition) is 1. The van der Waals surface area contributed by atoms with Crippen LogP contribution in [0.1, 0.15) is 25.3 Å². The Morgan fingerprint density at radius 3 is 2.71 bits per heavy atom. The van der Waals surface area contributed by atoms with Crippen molar-refractivity contribution in [2.24, 2.45) is 5.92 Å². The van der Waals surface area contributed by atoms with Gasteiger partial charge < -0.3 is 5.32 Å². The Hall–Kier alpha value is -0.690. The highest BCUT2D eigenvalue weighted by atomic mass is 35.5. The van der Waals surface area contributed by atoms with E-state index in [1.807, 2.05) is 12.1 Å². The first-order valence-electron chi connectivity index (χ1n) is 5.18. The first-order valence-corrected chi connectivity index (χ1v) is 5.55. The van der Waals surface area contributed by atoms with Crippen LogP contribution in [0, 0.1) is 12.8 Å². The van der Waals surface area contributed by atoms with E-state index in [9.17, 15) is 0 Å². The molecule has 1 aliphatic carbocycles. The third kappa shape index (κ3) is 2.03. The molecule has 14 heavy (non-hydrogen) atoms. The monoisotopic (exact) mass is 209 g/mol. The van der Waals surface area contributed by atoms with Crippen molar-refractivity contribution in [2.75, 3.05) is 5.32 Å². The summed E-state index contributed by atoms with van der Waals surface area (Å²) >= 11 is 6.10. The van der Waals surface area contributed by atoms with Gasteiger partial charge in [-0.3, -0.25) is 0 Å². The minimum atomic E-state index is 0.629. The summed E-state index contributed by atoms with van der Waals surface area (Å²) in [5.41, 5.74) is 2.34. The van der Waals surface area contributed by atoms with Crippen molar-refractivity contribution >= 4 is 17.3 Å². The van der Waals surface area contributed by atoms with Gasteiger partial charge in [0.25, 0.3) is 0 Å². The van der Waals surface area contributed by atoms with Crippen molar-refractivity contribution in [1.29, 1.82) is 0 Å². The average molecular weight is 210 g/mol. The van der Waals surface area contributed by atoms with Crippen LogP contribution in [0.5, 0.6) is 0 Å². The first-order chi connectivity index (χ1) is 6.65. The van der Waals surface area contributed by atoms with Crippen LogP contribution in [0.4, 0.5) is 5.69 Å². The van der Waals surface area contributed by atoms with Gasteiger partial charge in [-0.05, 0) is 43.4 Å². The third-order valence-electron chi connectivity index (χ3n) is 2.86. The van der Waals surface area contributed by atoms with Crippen LogP contribution in [-0.2, 0) is 0 Å². The molecule has 2 heteroatoms. The first kappa shape index (κ1) is 9.85. The minimum absolute atomic E-state index is 0.629. The number of anilines is 1. The fourth-order valence-electron chi connectivity index (χ4n) is 1.99. The lowest BCUT2D eigenvalue weighted by Crippen LogP contribution is -2.33. The number of aryl methyl sites for hydroxylation is 1. The quantitative estimate of drug-likeness (QED) is 0.780. The van der Waals surface area contributed by atoms with E-state index in [1.165, 1.54) is 18.4 Å². The van der Waals surface area contributed by atoms with Crippen molar-refractivity contribution in [2.45, 2.75) is 32.7 Å². The van der Waals surface area contributed by atoms with E-state index in [-0.39, 0.29) is 0 Å². The summed E-state index contributed by atoms with van der Waals surface area (Å²) in [6.07, 6.45) is 2.54. The minimum Gasteiger partial charge on any atom is -0.381 e. The second-order valence-electron chi connectivity index (χ2n) is 4.40. The van der Waals surface area contributed by atoms with Crippen molar-refractivity contribution in [1.82, 2.24) is 0 Å². The van der Waals surface area contributed by atoms with Gasteiger partial charge in [-0.25, -0.2) is 0 Å². The van der Waals surface area contributed by atoms with Crippen LogP contribution in [-0.4, -0.2) is 6.04 Å². The summed E-state index contributed by atoms with van der Waals surface area (Å²) in [6.45, 7) is 4.38. The molecule has 0 saturated heterocycles. The van der Waals surface area contributed by atoms with Crippen LogP contribution in [0.3, 0.4) is 0 Å². The molecular formula is C12H16ClN. The van der Waals surface area contributed by atoms with Crippen LogP contribution < -0.4 is 5.32 Å². The summed E-state index contributed by atoms with van der Waals surface area (Å²) in [6, 6.07) is 6.74. The van der Waals surface area contributed by atoms with Gasteiger partial charge in [-0.2, -0.15) is 0 Å². The van der Waals surface area contributed by atoms with Crippen LogP contribution in [0.25, 0.3) is 0 Å². The highest BCUT2D eigenvalue weighted by Gasteiger charge is 2.25. The zero-order valence-corrected chi connectivity index (χ0v) is 9.43. The maximum Gasteiger partial charge on any atom is 0.0637 e. The Morgan fingerprint density at radius 1 is 1.36 bits per heavy atom. The van der Waals surface area contributed by atoms with E-state index < -0.39 is 0 Å². The second-order valence-corrected chi connectivity index (χ2v) is 4.81. The number of rotatable bonds is 2. The Kier molecular flexibility index (Phi) is 2.69. The van der Waals surface area contributed by atoms with Gasteiger partial charge in [0.15, 0.2) is 0 Å². The SMILES string of the molecule is Cc1ccc(Cl)c(NC2CC(C)C2)c1. The van der Waals surface area contributed by atoms with E-state index in [0.29, 0.717) is 6.04 Å². The number of nitrogens with one attached hydrogen (secondary N) is 1. The average Bonchev–Trinajstić information content (AvgIpc) is 2.09. The zero-order chi connectivity index (χ0) is 10.1. The number of hydrogen-bond donors (Lipinski definition) is 1. The summed E-state index contributed by atoms with van der Waals surface area (Å²) in [5, 5.41) is 4.31. The lowest BCUT2D eigenvalue weighted by Gasteiger charge is -2.34. The Balaban J connectivity index is 2.05. The van der Waals surface area contributed by atoms with Crippen molar-refractivity contribution in [3.8, 4) is 0 Å². The summed E-state index contributed by atoms with van der Waals surface area (Å²) in [5.74, 6) is 0.871. The highest BCUT2D eigenvalue weighted by Crippen LogP contribution is 2.32. The van der Waals surface area contributed by atoms with E-state index in [0.717, 1.165) is 16.6 Å². The molecule has 0 atom stereocenters. The molecule has 0 aliphatic heterocycles. The highest BCUT2D eigenvalue weighted by molar-refractivity contribution is 6.33. The second kappa shape index (κ2) is 3.82. The Bertz CT molecular complexity index is 329. The van der Waals surface area contributed by atoms with Gasteiger partial charge in [0.05, 0.1) is 10.7 Å². The summed E-state index contributed by atoms with van der Waals surface area (Å²) in [4.78, 5) is 0. The fourth-order valence-corrected chi connectivity index (χ4v) is 2.16. The largest absolute Gasteiger partial charge is 0.381 e. The molecule has 0 heterocycles. The molecule has 1 fully saturated rings. The lowest BCUT2D eigenvalue weighted by molar-refractivity contribution is 0.309. The summed E-state index contributed by atoms with van der Waals surface area (Å²) in [7, 11) is 0. The van der Waals surface area contributed by atoms with Gasteiger partial charge in [0, 0.05) is 6.04 Å². The topological polar surface area (TPSA) is 12.0 Å². The molecule has 0 aromatic heterocycles. The molecular weight excluding hydrogens is 194 g/mol. The van der Waals surface area contributed by atoms with Crippen molar-refractivity contribution in [3.63, 3.8) is 0 Å². The van der Waals surface area contributed by atoms with Gasteiger partial charge in [-0.1, -0.05) is 24.6 Å². The van der Waals surface area contributed by atoms with E-state index >= 15 is 0 Å². The molecule has 0 radical (unpaired) electrons. The normalized spacial score (nSPS) is 25.6. The molecule has 2 rings (SSSR count). The zero-order valence-electron chi connectivity index (χ0n) is 8.68. The molecule has 1 nitrogen and oxygen atoms in total. The maximum absolute atomic E-state index is 6.10. The van der Waals surface area contributed by atoms with Crippen LogP contribution >= 0.6 is 11.6 Å². The van der Waals surface area contributed by atoms with E-state index in [1.54, 1.807) is 0 Å². The van der Waals surface area contributed by atoms with E-state index in [2.05, 4.69) is 25.2 Å².